The molecule has 0 spiro atoms. The molecule has 114 valence electrons. The summed E-state index contributed by atoms with van der Waals surface area (Å²) in [5.74, 6) is -0.158. The van der Waals surface area contributed by atoms with Gasteiger partial charge in [-0.1, -0.05) is 41.9 Å². The number of carbonyl (C=O) groups is 1. The van der Waals surface area contributed by atoms with Crippen LogP contribution in [0.5, 0.6) is 0 Å². The molecule has 1 aromatic carbocycles. The number of nitrogens with zero attached hydrogens (tertiary/aromatic N) is 2. The lowest BCUT2D eigenvalue weighted by Crippen LogP contribution is -2.37. The first-order chi connectivity index (χ1) is 10.6. The zero-order valence-corrected chi connectivity index (χ0v) is 12.8. The fraction of sp³-hybridized carbons (Fsp3) is 0.294. The first kappa shape index (κ1) is 15.0. The standard InChI is InChI=1S/C17H17ClN2O2/c18-13-6-9-15(19-10-13)17(22)20(14-7-8-14)11-16(21)12-4-2-1-3-5-12/h1-6,9-10,14,16,21H,7-8,11H2/t16-/m0/s1. The SMILES string of the molecule is O=C(c1ccc(Cl)cn1)N(C[C@H](O)c1ccccc1)C1CC1. The number of rotatable bonds is 5. The molecule has 1 N–H and O–H groups in total. The van der Waals surface area contributed by atoms with E-state index in [0.29, 0.717) is 10.7 Å². The van der Waals surface area contributed by atoms with Crippen LogP contribution in [0.4, 0.5) is 0 Å². The van der Waals surface area contributed by atoms with Crippen LogP contribution >= 0.6 is 11.6 Å². The van der Waals surface area contributed by atoms with Gasteiger partial charge < -0.3 is 10.0 Å². The van der Waals surface area contributed by atoms with Crippen LogP contribution in [0.1, 0.15) is 35.0 Å². The van der Waals surface area contributed by atoms with E-state index in [1.54, 1.807) is 17.0 Å². The number of hydrogen-bond donors (Lipinski definition) is 1. The van der Waals surface area contributed by atoms with Crippen LogP contribution < -0.4 is 0 Å². The first-order valence-corrected chi connectivity index (χ1v) is 7.68. The number of benzene rings is 1. The number of hydrogen-bond acceptors (Lipinski definition) is 3. The third-order valence-electron chi connectivity index (χ3n) is 3.75. The molecule has 2 aromatic rings. The number of pyridine rings is 1. The molecule has 1 heterocycles. The smallest absolute Gasteiger partial charge is 0.272 e. The summed E-state index contributed by atoms with van der Waals surface area (Å²) in [4.78, 5) is 18.4. The van der Waals surface area contributed by atoms with Crippen LogP contribution in [-0.4, -0.2) is 33.5 Å². The van der Waals surface area contributed by atoms with Gasteiger partial charge in [-0.05, 0) is 30.5 Å². The number of amides is 1. The fourth-order valence-corrected chi connectivity index (χ4v) is 2.51. The minimum atomic E-state index is -0.696. The van der Waals surface area contributed by atoms with Crippen LogP contribution in [0.2, 0.25) is 5.02 Å². The molecule has 1 aromatic heterocycles. The molecule has 22 heavy (non-hydrogen) atoms. The topological polar surface area (TPSA) is 53.4 Å². The van der Waals surface area contributed by atoms with Crippen LogP contribution in [-0.2, 0) is 0 Å². The van der Waals surface area contributed by atoms with Gasteiger partial charge in [-0.3, -0.25) is 4.79 Å². The summed E-state index contributed by atoms with van der Waals surface area (Å²) in [6.07, 6.45) is 2.72. The Morgan fingerprint density at radius 1 is 1.27 bits per heavy atom. The lowest BCUT2D eigenvalue weighted by molar-refractivity contribution is 0.0598. The lowest BCUT2D eigenvalue weighted by atomic mass is 10.1. The summed E-state index contributed by atoms with van der Waals surface area (Å²) >= 11 is 5.81. The van der Waals surface area contributed by atoms with Crippen molar-refractivity contribution in [1.82, 2.24) is 9.88 Å². The fourth-order valence-electron chi connectivity index (χ4n) is 2.40. The van der Waals surface area contributed by atoms with Gasteiger partial charge in [0.05, 0.1) is 17.7 Å². The number of aromatic nitrogens is 1. The largest absolute Gasteiger partial charge is 0.387 e. The van der Waals surface area contributed by atoms with Crippen molar-refractivity contribution < 1.29 is 9.90 Å². The van der Waals surface area contributed by atoms with E-state index in [1.807, 2.05) is 30.3 Å². The minimum absolute atomic E-state index is 0.158. The summed E-state index contributed by atoms with van der Waals surface area (Å²) in [5.41, 5.74) is 1.17. The molecular weight excluding hydrogens is 300 g/mol. The Morgan fingerprint density at radius 3 is 2.59 bits per heavy atom. The minimum Gasteiger partial charge on any atom is -0.387 e. The van der Waals surface area contributed by atoms with Gasteiger partial charge >= 0.3 is 0 Å². The number of aliphatic hydroxyl groups is 1. The van der Waals surface area contributed by atoms with E-state index in [0.717, 1.165) is 18.4 Å². The Labute approximate surface area is 134 Å². The molecule has 0 radical (unpaired) electrons. The Balaban J connectivity index is 1.75. The van der Waals surface area contributed by atoms with Crippen LogP contribution in [0.3, 0.4) is 0 Å². The van der Waals surface area contributed by atoms with E-state index in [2.05, 4.69) is 4.98 Å². The van der Waals surface area contributed by atoms with Crippen molar-refractivity contribution >= 4 is 17.5 Å². The van der Waals surface area contributed by atoms with Crippen molar-refractivity contribution in [3.05, 3.63) is 64.9 Å². The second-order valence-corrected chi connectivity index (χ2v) is 5.91. The van der Waals surface area contributed by atoms with Gasteiger partial charge in [-0.25, -0.2) is 4.98 Å². The van der Waals surface area contributed by atoms with Gasteiger partial charge in [0.15, 0.2) is 0 Å². The molecule has 1 aliphatic rings. The van der Waals surface area contributed by atoms with E-state index in [4.69, 9.17) is 11.6 Å². The van der Waals surface area contributed by atoms with Crippen molar-refractivity contribution in [2.24, 2.45) is 0 Å². The summed E-state index contributed by atoms with van der Waals surface area (Å²) < 4.78 is 0. The average molecular weight is 317 g/mol. The maximum absolute atomic E-state index is 12.6. The predicted octanol–water partition coefficient (Wildman–Crippen LogP) is 3.07. The highest BCUT2D eigenvalue weighted by Crippen LogP contribution is 2.30. The summed E-state index contributed by atoms with van der Waals surface area (Å²) in [5, 5.41) is 10.9. The molecule has 1 amide bonds. The Bertz CT molecular complexity index is 641. The zero-order chi connectivity index (χ0) is 15.5. The van der Waals surface area contributed by atoms with E-state index < -0.39 is 6.10 Å². The Kier molecular flexibility index (Phi) is 4.41. The summed E-state index contributed by atoms with van der Waals surface area (Å²) in [7, 11) is 0. The van der Waals surface area contributed by atoms with Crippen molar-refractivity contribution in [3.63, 3.8) is 0 Å². The van der Waals surface area contributed by atoms with Crippen molar-refractivity contribution in [1.29, 1.82) is 0 Å². The Morgan fingerprint density at radius 2 is 2.00 bits per heavy atom. The summed E-state index contributed by atoms with van der Waals surface area (Å²) in [6.45, 7) is 0.276. The lowest BCUT2D eigenvalue weighted by Gasteiger charge is -2.25. The number of aliphatic hydroxyl groups excluding tert-OH is 1. The second kappa shape index (κ2) is 6.46. The maximum Gasteiger partial charge on any atom is 0.272 e. The van der Waals surface area contributed by atoms with Crippen LogP contribution in [0, 0.1) is 0 Å². The molecule has 0 unspecified atom stereocenters. The van der Waals surface area contributed by atoms with Crippen molar-refractivity contribution in [2.75, 3.05) is 6.54 Å². The maximum atomic E-state index is 12.6. The third-order valence-corrected chi connectivity index (χ3v) is 3.97. The number of halogens is 1. The molecule has 5 heteroatoms. The van der Waals surface area contributed by atoms with Gasteiger partial charge in [-0.15, -0.1) is 0 Å². The monoisotopic (exact) mass is 316 g/mol. The van der Waals surface area contributed by atoms with Gasteiger partial charge in [0, 0.05) is 12.2 Å². The van der Waals surface area contributed by atoms with Crippen LogP contribution in [0.15, 0.2) is 48.7 Å². The van der Waals surface area contributed by atoms with Gasteiger partial charge in [0.25, 0.3) is 5.91 Å². The molecule has 0 aliphatic heterocycles. The molecule has 0 saturated heterocycles. The molecule has 1 fully saturated rings. The predicted molar refractivity (Wildman–Crippen MR) is 84.7 cm³/mol. The van der Waals surface area contributed by atoms with Gasteiger partial charge in [0.2, 0.25) is 0 Å². The molecule has 1 aliphatic carbocycles. The van der Waals surface area contributed by atoms with E-state index in [1.165, 1.54) is 6.20 Å². The van der Waals surface area contributed by atoms with Crippen LogP contribution in [0.25, 0.3) is 0 Å². The summed E-state index contributed by atoms with van der Waals surface area (Å²) in [6, 6.07) is 12.9. The average Bonchev–Trinajstić information content (AvgIpc) is 3.38. The highest BCUT2D eigenvalue weighted by atomic mass is 35.5. The van der Waals surface area contributed by atoms with E-state index in [-0.39, 0.29) is 18.5 Å². The number of carbonyl (C=O) groups excluding carboxylic acids is 1. The van der Waals surface area contributed by atoms with Crippen molar-refractivity contribution in [3.8, 4) is 0 Å². The first-order valence-electron chi connectivity index (χ1n) is 7.30. The highest BCUT2D eigenvalue weighted by Gasteiger charge is 2.34. The van der Waals surface area contributed by atoms with Crippen molar-refractivity contribution in [2.45, 2.75) is 25.0 Å². The molecular formula is C17H17ClN2O2. The van der Waals surface area contributed by atoms with Gasteiger partial charge in [0.1, 0.15) is 5.69 Å². The van der Waals surface area contributed by atoms with Gasteiger partial charge in [-0.2, -0.15) is 0 Å². The molecule has 1 atom stereocenters. The molecule has 3 rings (SSSR count). The molecule has 0 bridgehead atoms. The van der Waals surface area contributed by atoms with E-state index >= 15 is 0 Å². The van der Waals surface area contributed by atoms with E-state index in [9.17, 15) is 9.90 Å². The normalized spacial score (nSPS) is 15.4. The Hall–Kier alpha value is -1.91. The highest BCUT2D eigenvalue weighted by molar-refractivity contribution is 6.30. The quantitative estimate of drug-likeness (QED) is 0.922. The molecule has 1 saturated carbocycles. The zero-order valence-electron chi connectivity index (χ0n) is 12.0. The third kappa shape index (κ3) is 3.46. The molecule has 4 nitrogen and oxygen atoms in total. The second-order valence-electron chi connectivity index (χ2n) is 5.48.